The van der Waals surface area contributed by atoms with Crippen LogP contribution in [0.4, 0.5) is 0 Å². The molecule has 0 unspecified atom stereocenters. The Morgan fingerprint density at radius 1 is 0.867 bits per heavy atom. The van der Waals surface area contributed by atoms with E-state index in [0.717, 1.165) is 0 Å². The zero-order chi connectivity index (χ0) is 11.4. The molecular formula is C13H26Te2. The van der Waals surface area contributed by atoms with Crippen LogP contribution in [0.1, 0.15) is 59.3 Å². The maximum atomic E-state index is 2.62. The molecule has 0 aromatic heterocycles. The summed E-state index contributed by atoms with van der Waals surface area (Å²) in [6.07, 6.45) is 11.0. The van der Waals surface area contributed by atoms with Crippen molar-refractivity contribution in [2.45, 2.75) is 68.2 Å². The van der Waals surface area contributed by atoms with Gasteiger partial charge >= 0.3 is 118 Å². The van der Waals surface area contributed by atoms with Gasteiger partial charge < -0.3 is 0 Å². The van der Waals surface area contributed by atoms with Crippen molar-refractivity contribution in [3.8, 4) is 0 Å². The summed E-state index contributed by atoms with van der Waals surface area (Å²) in [4.78, 5) is 0. The first-order chi connectivity index (χ1) is 7.35. The van der Waals surface area contributed by atoms with Gasteiger partial charge in [0.15, 0.2) is 0 Å². The predicted octanol–water partition coefficient (Wildman–Crippen LogP) is 4.47. The van der Waals surface area contributed by atoms with Gasteiger partial charge in [-0.25, -0.2) is 0 Å². The van der Waals surface area contributed by atoms with Gasteiger partial charge in [0.25, 0.3) is 0 Å². The van der Waals surface area contributed by atoms with Gasteiger partial charge in [-0.2, -0.15) is 0 Å². The van der Waals surface area contributed by atoms with Crippen molar-refractivity contribution in [3.05, 3.63) is 7.75 Å². The summed E-state index contributed by atoms with van der Waals surface area (Å²) < 4.78 is 5.12. The molecule has 0 rings (SSSR count). The first-order valence-electron chi connectivity index (χ1n) is 6.30. The zero-order valence-corrected chi connectivity index (χ0v) is 15.2. The van der Waals surface area contributed by atoms with E-state index in [1.165, 1.54) is 38.5 Å². The van der Waals surface area contributed by atoms with Crippen LogP contribution in [0.3, 0.4) is 0 Å². The van der Waals surface area contributed by atoms with Crippen molar-refractivity contribution in [3.63, 3.8) is 0 Å². The van der Waals surface area contributed by atoms with Gasteiger partial charge in [0.1, 0.15) is 0 Å². The molecule has 0 radical (unpaired) electrons. The van der Waals surface area contributed by atoms with Gasteiger partial charge in [-0.15, -0.1) is 0 Å². The minimum absolute atomic E-state index is 0.264. The molecule has 0 N–H and O–H groups in total. The molecule has 0 heterocycles. The molecule has 0 spiro atoms. The molecule has 0 amide bonds. The summed E-state index contributed by atoms with van der Waals surface area (Å²) in [5.41, 5.74) is 0. The van der Waals surface area contributed by atoms with E-state index in [2.05, 4.69) is 26.8 Å². The second kappa shape index (κ2) is 13.4. The van der Waals surface area contributed by atoms with Crippen LogP contribution in [0.25, 0.3) is 0 Å². The molecule has 0 nitrogen and oxygen atoms in total. The molecule has 0 atom stereocenters. The van der Waals surface area contributed by atoms with Crippen molar-refractivity contribution in [1.29, 1.82) is 0 Å². The predicted molar refractivity (Wildman–Crippen MR) is 73.9 cm³/mol. The normalized spacial score (nSPS) is 10.3. The van der Waals surface area contributed by atoms with Crippen molar-refractivity contribution in [1.82, 2.24) is 0 Å². The maximum absolute atomic E-state index is 2.62. The molecule has 0 fully saturated rings. The second-order valence-electron chi connectivity index (χ2n) is 3.72. The van der Waals surface area contributed by atoms with Crippen LogP contribution in [-0.2, 0) is 0 Å². The van der Waals surface area contributed by atoms with Gasteiger partial charge in [0, 0.05) is 0 Å². The number of hydrogen-bond acceptors (Lipinski definition) is 0. The van der Waals surface area contributed by atoms with E-state index in [4.69, 9.17) is 0 Å². The second-order valence-corrected chi connectivity index (χ2v) is 12.7. The molecule has 0 saturated carbocycles. The summed E-state index contributed by atoms with van der Waals surface area (Å²) in [7, 11) is 0. The fraction of sp³-hybridized carbons (Fsp3) is 0.846. The third kappa shape index (κ3) is 11.6. The number of allylic oxidation sites excluding steroid dienone is 1. The molecule has 0 saturated heterocycles. The Balaban J connectivity index is 3.73. The van der Waals surface area contributed by atoms with Gasteiger partial charge in [-0.1, -0.05) is 0 Å². The van der Waals surface area contributed by atoms with Gasteiger partial charge in [0.05, 0.1) is 0 Å². The number of unbranched alkanes of at least 4 members (excludes halogenated alkanes) is 3. The van der Waals surface area contributed by atoms with E-state index in [9.17, 15) is 0 Å². The van der Waals surface area contributed by atoms with Gasteiger partial charge in [-0.05, 0) is 0 Å². The zero-order valence-electron chi connectivity index (χ0n) is 10.6. The molecule has 0 aliphatic rings. The Hall–Kier alpha value is 1.32. The summed E-state index contributed by atoms with van der Waals surface area (Å²) in [6.45, 7) is 6.93. The third-order valence-electron chi connectivity index (χ3n) is 2.08. The summed E-state index contributed by atoms with van der Waals surface area (Å²) >= 11 is 0.527. The van der Waals surface area contributed by atoms with E-state index < -0.39 is 0 Å². The van der Waals surface area contributed by atoms with Crippen molar-refractivity contribution in [2.24, 2.45) is 0 Å². The van der Waals surface area contributed by atoms with Crippen LogP contribution in [0.5, 0.6) is 0 Å². The minimum atomic E-state index is 0.264. The standard InChI is InChI=1S/C13H26Te2/c1-4-7-10-13(14-11-8-5-2)15-12-9-6-3/h10H,4-9,11-12H2,1-3H3. The Kier molecular flexibility index (Phi) is 14.6. The molecular weight excluding hydrogens is 411 g/mol. The Labute approximate surface area is 117 Å². The SMILES string of the molecule is CCCC=C([Te]CCCC)[Te]CCCC. The van der Waals surface area contributed by atoms with Gasteiger partial charge in [-0.3, -0.25) is 0 Å². The monoisotopic (exact) mass is 442 g/mol. The Bertz CT molecular complexity index is 141. The summed E-state index contributed by atoms with van der Waals surface area (Å²) in [5.74, 6) is 0. The third-order valence-corrected chi connectivity index (χ3v) is 12.0. The topological polar surface area (TPSA) is 0 Å². The first-order valence-corrected chi connectivity index (χ1v) is 11.9. The first kappa shape index (κ1) is 16.3. The molecule has 0 aliphatic heterocycles. The summed E-state index contributed by atoms with van der Waals surface area (Å²) in [5, 5.41) is 0. The van der Waals surface area contributed by atoms with Gasteiger partial charge in [0.2, 0.25) is 0 Å². The van der Waals surface area contributed by atoms with Crippen molar-refractivity contribution in [2.75, 3.05) is 0 Å². The van der Waals surface area contributed by atoms with Crippen LogP contribution in [-0.4, -0.2) is 41.8 Å². The molecule has 0 bridgehead atoms. The fourth-order valence-electron chi connectivity index (χ4n) is 1.06. The van der Waals surface area contributed by atoms with Crippen LogP contribution < -0.4 is 0 Å². The van der Waals surface area contributed by atoms with E-state index in [0.29, 0.717) is 0 Å². The van der Waals surface area contributed by atoms with Crippen LogP contribution in [0, 0.1) is 0 Å². The number of hydrogen-bond donors (Lipinski definition) is 0. The molecule has 2 heteroatoms. The Morgan fingerprint density at radius 3 is 1.80 bits per heavy atom. The molecule has 0 aromatic rings. The van der Waals surface area contributed by atoms with Crippen molar-refractivity contribution < 1.29 is 0 Å². The van der Waals surface area contributed by atoms with Crippen LogP contribution in [0.15, 0.2) is 7.75 Å². The molecule has 0 aliphatic carbocycles. The summed E-state index contributed by atoms with van der Waals surface area (Å²) in [6, 6.07) is 0. The molecule has 0 aromatic carbocycles. The average Bonchev–Trinajstić information content (AvgIpc) is 2.25. The van der Waals surface area contributed by atoms with Crippen LogP contribution in [0.2, 0.25) is 8.94 Å². The van der Waals surface area contributed by atoms with E-state index in [1.807, 2.05) is 1.67 Å². The molecule has 90 valence electrons. The van der Waals surface area contributed by atoms with E-state index in [-0.39, 0.29) is 41.8 Å². The van der Waals surface area contributed by atoms with Crippen LogP contribution >= 0.6 is 0 Å². The van der Waals surface area contributed by atoms with E-state index >= 15 is 0 Å². The quantitative estimate of drug-likeness (QED) is 0.349. The Morgan fingerprint density at radius 2 is 1.40 bits per heavy atom. The van der Waals surface area contributed by atoms with Crippen molar-refractivity contribution >= 4 is 41.8 Å². The van der Waals surface area contributed by atoms with E-state index in [1.54, 1.807) is 8.94 Å². The molecule has 15 heavy (non-hydrogen) atoms. The average molecular weight is 438 g/mol. The fourth-order valence-corrected chi connectivity index (χ4v) is 11.0. The number of rotatable bonds is 10.